The van der Waals surface area contributed by atoms with Crippen molar-refractivity contribution in [1.29, 1.82) is 0 Å². The van der Waals surface area contributed by atoms with E-state index in [1.54, 1.807) is 7.11 Å². The predicted molar refractivity (Wildman–Crippen MR) is 74.4 cm³/mol. The van der Waals surface area contributed by atoms with Gasteiger partial charge in [-0.3, -0.25) is 4.79 Å². The lowest BCUT2D eigenvalue weighted by Gasteiger charge is -2.38. The van der Waals surface area contributed by atoms with Crippen molar-refractivity contribution in [2.75, 3.05) is 7.11 Å². The molecule has 0 bridgehead atoms. The Balaban J connectivity index is 2.04. The van der Waals surface area contributed by atoms with E-state index in [-0.39, 0.29) is 6.10 Å². The predicted octanol–water partition coefficient (Wildman–Crippen LogP) is 3.16. The lowest BCUT2D eigenvalue weighted by molar-refractivity contribution is -0.147. The second kappa shape index (κ2) is 5.74. The van der Waals surface area contributed by atoms with Crippen molar-refractivity contribution in [2.45, 2.75) is 50.5 Å². The van der Waals surface area contributed by atoms with E-state index in [9.17, 15) is 9.90 Å². The van der Waals surface area contributed by atoms with Crippen LogP contribution in [0.3, 0.4) is 0 Å². The highest BCUT2D eigenvalue weighted by atomic mass is 16.5. The molecule has 3 heteroatoms. The number of carboxylic acid groups (broad SMARTS) is 1. The van der Waals surface area contributed by atoms with Crippen molar-refractivity contribution < 1.29 is 14.6 Å². The Morgan fingerprint density at radius 1 is 1.37 bits per heavy atom. The van der Waals surface area contributed by atoms with Gasteiger partial charge in [-0.05, 0) is 43.7 Å². The van der Waals surface area contributed by atoms with E-state index in [1.807, 2.05) is 12.1 Å². The summed E-state index contributed by atoms with van der Waals surface area (Å²) >= 11 is 0. The summed E-state index contributed by atoms with van der Waals surface area (Å²) in [6, 6.07) is 8.08. The van der Waals surface area contributed by atoms with Crippen LogP contribution in [0.1, 0.15) is 43.7 Å². The van der Waals surface area contributed by atoms with Gasteiger partial charge in [0.1, 0.15) is 0 Å². The average Bonchev–Trinajstić information content (AvgIpc) is 2.35. The summed E-state index contributed by atoms with van der Waals surface area (Å²) in [7, 11) is 1.72. The Morgan fingerprint density at radius 3 is 2.42 bits per heavy atom. The highest BCUT2D eigenvalue weighted by Gasteiger charge is 2.45. The van der Waals surface area contributed by atoms with Crippen LogP contribution in [0.15, 0.2) is 24.3 Å². The quantitative estimate of drug-likeness (QED) is 0.856. The molecule has 1 fully saturated rings. The number of hydrogen-bond acceptors (Lipinski definition) is 2. The fourth-order valence-electron chi connectivity index (χ4n) is 2.63. The second-order valence-corrected chi connectivity index (χ2v) is 5.52. The largest absolute Gasteiger partial charge is 0.481 e. The van der Waals surface area contributed by atoms with Crippen LogP contribution in [-0.4, -0.2) is 24.3 Å². The monoisotopic (exact) mass is 262 g/mol. The zero-order valence-corrected chi connectivity index (χ0v) is 11.7. The molecule has 1 aromatic carbocycles. The molecule has 2 rings (SSSR count). The van der Waals surface area contributed by atoms with Gasteiger partial charge in [-0.1, -0.05) is 30.7 Å². The number of benzene rings is 1. The van der Waals surface area contributed by atoms with E-state index in [1.165, 1.54) is 5.56 Å². The third-order valence-electron chi connectivity index (χ3n) is 4.36. The maximum atomic E-state index is 11.4. The number of aryl methyl sites for hydroxylation is 1. The van der Waals surface area contributed by atoms with E-state index in [0.29, 0.717) is 0 Å². The maximum Gasteiger partial charge on any atom is 0.314 e. The van der Waals surface area contributed by atoms with E-state index in [4.69, 9.17) is 4.74 Å². The van der Waals surface area contributed by atoms with Gasteiger partial charge in [0.2, 0.25) is 0 Å². The minimum Gasteiger partial charge on any atom is -0.481 e. The van der Waals surface area contributed by atoms with Crippen LogP contribution in [0.4, 0.5) is 0 Å². The number of aliphatic carboxylic acids is 1. The molecule has 1 saturated carbocycles. The van der Waals surface area contributed by atoms with Crippen LogP contribution in [0.5, 0.6) is 0 Å². The van der Waals surface area contributed by atoms with Crippen molar-refractivity contribution in [3.8, 4) is 0 Å². The summed E-state index contributed by atoms with van der Waals surface area (Å²) in [6.07, 6.45) is 4.76. The molecule has 0 amide bonds. The minimum absolute atomic E-state index is 0.261. The van der Waals surface area contributed by atoms with Crippen molar-refractivity contribution >= 4 is 5.97 Å². The first kappa shape index (κ1) is 14.1. The number of carbonyl (C=O) groups is 1. The second-order valence-electron chi connectivity index (χ2n) is 5.52. The third-order valence-corrected chi connectivity index (χ3v) is 4.36. The SMILES string of the molecule is COC(C)CCc1ccc(C2(C(=O)O)CCC2)cc1. The van der Waals surface area contributed by atoms with Crippen molar-refractivity contribution in [2.24, 2.45) is 0 Å². The fourth-order valence-corrected chi connectivity index (χ4v) is 2.63. The topological polar surface area (TPSA) is 46.5 Å². The highest BCUT2D eigenvalue weighted by molar-refractivity contribution is 5.82. The number of rotatable bonds is 6. The molecule has 1 unspecified atom stereocenters. The lowest BCUT2D eigenvalue weighted by Crippen LogP contribution is -2.42. The van der Waals surface area contributed by atoms with Gasteiger partial charge in [-0.25, -0.2) is 0 Å². The van der Waals surface area contributed by atoms with E-state index < -0.39 is 11.4 Å². The van der Waals surface area contributed by atoms with E-state index in [2.05, 4.69) is 19.1 Å². The first-order chi connectivity index (χ1) is 9.08. The molecule has 0 aliphatic heterocycles. The van der Waals surface area contributed by atoms with Crippen molar-refractivity contribution in [1.82, 2.24) is 0 Å². The maximum absolute atomic E-state index is 11.4. The lowest BCUT2D eigenvalue weighted by atomic mass is 9.64. The molecule has 0 saturated heterocycles. The molecule has 0 radical (unpaired) electrons. The van der Waals surface area contributed by atoms with Crippen LogP contribution in [0.2, 0.25) is 0 Å². The van der Waals surface area contributed by atoms with Crippen LogP contribution in [-0.2, 0) is 21.4 Å². The van der Waals surface area contributed by atoms with E-state index in [0.717, 1.165) is 37.7 Å². The zero-order chi connectivity index (χ0) is 13.9. The van der Waals surface area contributed by atoms with Gasteiger partial charge in [0.25, 0.3) is 0 Å². The Kier molecular flexibility index (Phi) is 4.25. The smallest absolute Gasteiger partial charge is 0.314 e. The minimum atomic E-state index is -0.681. The van der Waals surface area contributed by atoms with Crippen LogP contribution in [0, 0.1) is 0 Å². The molecule has 1 aliphatic rings. The standard InChI is InChI=1S/C16H22O3/c1-12(19-2)4-5-13-6-8-14(9-7-13)16(15(17)18)10-3-11-16/h6-9,12H,3-5,10-11H2,1-2H3,(H,17,18). The Labute approximate surface area is 114 Å². The first-order valence-electron chi connectivity index (χ1n) is 6.94. The van der Waals surface area contributed by atoms with Gasteiger partial charge in [-0.2, -0.15) is 0 Å². The summed E-state index contributed by atoms with van der Waals surface area (Å²) in [5.74, 6) is -0.681. The Bertz CT molecular complexity index is 432. The number of ether oxygens (including phenoxy) is 1. The zero-order valence-electron chi connectivity index (χ0n) is 11.7. The fraction of sp³-hybridized carbons (Fsp3) is 0.562. The number of carboxylic acids is 1. The van der Waals surface area contributed by atoms with Gasteiger partial charge in [0.15, 0.2) is 0 Å². The van der Waals surface area contributed by atoms with Crippen molar-refractivity contribution in [3.63, 3.8) is 0 Å². The van der Waals surface area contributed by atoms with Gasteiger partial charge in [-0.15, -0.1) is 0 Å². The Morgan fingerprint density at radius 2 is 2.00 bits per heavy atom. The normalized spacial score (nSPS) is 18.6. The van der Waals surface area contributed by atoms with Gasteiger partial charge in [0.05, 0.1) is 11.5 Å². The third kappa shape index (κ3) is 2.81. The molecule has 3 nitrogen and oxygen atoms in total. The van der Waals surface area contributed by atoms with Crippen molar-refractivity contribution in [3.05, 3.63) is 35.4 Å². The number of methoxy groups -OCH3 is 1. The average molecular weight is 262 g/mol. The van der Waals surface area contributed by atoms with Crippen LogP contribution < -0.4 is 0 Å². The molecule has 0 heterocycles. The molecular formula is C16H22O3. The summed E-state index contributed by atoms with van der Waals surface area (Å²) in [5.41, 5.74) is 1.58. The molecule has 104 valence electrons. The molecule has 0 aromatic heterocycles. The number of hydrogen-bond donors (Lipinski definition) is 1. The summed E-state index contributed by atoms with van der Waals surface area (Å²) in [5, 5.41) is 9.40. The summed E-state index contributed by atoms with van der Waals surface area (Å²) in [6.45, 7) is 2.06. The molecule has 0 spiro atoms. The summed E-state index contributed by atoms with van der Waals surface area (Å²) in [4.78, 5) is 11.4. The Hall–Kier alpha value is -1.35. The molecule has 1 atom stereocenters. The van der Waals surface area contributed by atoms with Gasteiger partial charge < -0.3 is 9.84 Å². The van der Waals surface area contributed by atoms with Crippen LogP contribution in [0.25, 0.3) is 0 Å². The van der Waals surface area contributed by atoms with Gasteiger partial charge >= 0.3 is 5.97 Å². The molecule has 1 aromatic rings. The summed E-state index contributed by atoms with van der Waals surface area (Å²) < 4.78 is 5.23. The molecule has 1 N–H and O–H groups in total. The van der Waals surface area contributed by atoms with E-state index >= 15 is 0 Å². The first-order valence-corrected chi connectivity index (χ1v) is 6.94. The molecule has 19 heavy (non-hydrogen) atoms. The van der Waals surface area contributed by atoms with Gasteiger partial charge in [0, 0.05) is 7.11 Å². The van der Waals surface area contributed by atoms with Crippen LogP contribution >= 0.6 is 0 Å². The molecular weight excluding hydrogens is 240 g/mol. The molecule has 1 aliphatic carbocycles. The highest BCUT2D eigenvalue weighted by Crippen LogP contribution is 2.43.